The fraction of sp³-hybridized carbons (Fsp3) is 0.250. The van der Waals surface area contributed by atoms with E-state index in [0.29, 0.717) is 24.7 Å². The first-order valence-corrected chi connectivity index (χ1v) is 8.73. The number of nitrogens with zero attached hydrogens (tertiary/aromatic N) is 3. The van der Waals surface area contributed by atoms with Gasteiger partial charge in [0.2, 0.25) is 17.6 Å². The largest absolute Gasteiger partial charge is 0.374 e. The highest BCUT2D eigenvalue weighted by Crippen LogP contribution is 2.29. The first kappa shape index (κ1) is 16.3. The number of para-hydroxylation sites is 2. The van der Waals surface area contributed by atoms with E-state index in [1.54, 1.807) is 0 Å². The Balaban J connectivity index is 1.48. The van der Waals surface area contributed by atoms with Crippen molar-refractivity contribution in [1.29, 1.82) is 0 Å². The van der Waals surface area contributed by atoms with Crippen LogP contribution in [0, 0.1) is 6.92 Å². The standard InChI is InChI=1S/C20H20N4O2/c1-14-8-10-15(11-9-14)20-22-18(26-23-20)13-21-16-5-2-3-6-17(16)24-12-4-7-19(24)25/h2-3,5-6,8-11,21H,4,7,12-13H2,1H3. The zero-order valence-corrected chi connectivity index (χ0v) is 14.6. The Labute approximate surface area is 151 Å². The lowest BCUT2D eigenvalue weighted by atomic mass is 10.1. The van der Waals surface area contributed by atoms with E-state index in [4.69, 9.17) is 4.52 Å². The van der Waals surface area contributed by atoms with Crippen molar-refractivity contribution in [2.75, 3.05) is 16.8 Å². The predicted octanol–water partition coefficient (Wildman–Crippen LogP) is 3.78. The van der Waals surface area contributed by atoms with Gasteiger partial charge in [0.1, 0.15) is 0 Å². The molecule has 0 saturated carbocycles. The van der Waals surface area contributed by atoms with Gasteiger partial charge in [0.25, 0.3) is 0 Å². The molecule has 0 aliphatic carbocycles. The number of carbonyl (C=O) groups is 1. The molecule has 0 atom stereocenters. The average molecular weight is 348 g/mol. The summed E-state index contributed by atoms with van der Waals surface area (Å²) in [5.41, 5.74) is 3.90. The SMILES string of the molecule is Cc1ccc(-c2noc(CNc3ccccc3N3CCCC3=O)n2)cc1. The lowest BCUT2D eigenvalue weighted by Crippen LogP contribution is -2.24. The van der Waals surface area contributed by atoms with Gasteiger partial charge in [0, 0.05) is 18.5 Å². The van der Waals surface area contributed by atoms with Crippen LogP contribution in [0.4, 0.5) is 11.4 Å². The number of hydrogen-bond donors (Lipinski definition) is 1. The second-order valence-corrected chi connectivity index (χ2v) is 6.40. The zero-order chi connectivity index (χ0) is 17.9. The first-order valence-electron chi connectivity index (χ1n) is 8.73. The van der Waals surface area contributed by atoms with Crippen molar-refractivity contribution in [3.8, 4) is 11.4 Å². The maximum Gasteiger partial charge on any atom is 0.246 e. The van der Waals surface area contributed by atoms with Crippen LogP contribution in [0.1, 0.15) is 24.3 Å². The number of anilines is 2. The monoisotopic (exact) mass is 348 g/mol. The third kappa shape index (κ3) is 3.31. The first-order chi connectivity index (χ1) is 12.7. The number of rotatable bonds is 5. The summed E-state index contributed by atoms with van der Waals surface area (Å²) in [6, 6.07) is 15.8. The summed E-state index contributed by atoms with van der Waals surface area (Å²) in [6.45, 7) is 3.20. The van der Waals surface area contributed by atoms with Crippen molar-refractivity contribution >= 4 is 17.3 Å². The predicted molar refractivity (Wildman–Crippen MR) is 99.8 cm³/mol. The third-order valence-corrected chi connectivity index (χ3v) is 4.48. The van der Waals surface area contributed by atoms with Crippen molar-refractivity contribution in [3.63, 3.8) is 0 Å². The fourth-order valence-corrected chi connectivity index (χ4v) is 3.08. The van der Waals surface area contributed by atoms with Gasteiger partial charge >= 0.3 is 0 Å². The molecule has 6 nitrogen and oxygen atoms in total. The van der Waals surface area contributed by atoms with Gasteiger partial charge in [-0.3, -0.25) is 4.79 Å². The molecule has 132 valence electrons. The summed E-state index contributed by atoms with van der Waals surface area (Å²) < 4.78 is 5.35. The van der Waals surface area contributed by atoms with E-state index in [-0.39, 0.29) is 5.91 Å². The molecule has 1 amide bonds. The molecule has 1 aliphatic rings. The molecule has 1 aromatic heterocycles. The molecule has 1 N–H and O–H groups in total. The summed E-state index contributed by atoms with van der Waals surface area (Å²) in [4.78, 5) is 18.3. The number of benzene rings is 2. The molecular formula is C20H20N4O2. The van der Waals surface area contributed by atoms with Crippen molar-refractivity contribution in [2.24, 2.45) is 0 Å². The van der Waals surface area contributed by atoms with E-state index in [1.807, 2.05) is 60.4 Å². The topological polar surface area (TPSA) is 71.3 Å². The molecule has 0 spiro atoms. The third-order valence-electron chi connectivity index (χ3n) is 4.48. The summed E-state index contributed by atoms with van der Waals surface area (Å²) in [5, 5.41) is 7.36. The molecule has 1 saturated heterocycles. The van der Waals surface area contributed by atoms with Crippen LogP contribution in [0.25, 0.3) is 11.4 Å². The van der Waals surface area contributed by atoms with Crippen LogP contribution >= 0.6 is 0 Å². The number of aromatic nitrogens is 2. The summed E-state index contributed by atoms with van der Waals surface area (Å²) in [5.74, 6) is 1.24. The smallest absolute Gasteiger partial charge is 0.246 e. The van der Waals surface area contributed by atoms with Gasteiger partial charge in [-0.2, -0.15) is 4.98 Å². The van der Waals surface area contributed by atoms with Gasteiger partial charge in [-0.15, -0.1) is 0 Å². The minimum atomic E-state index is 0.165. The molecule has 2 heterocycles. The van der Waals surface area contributed by atoms with Crippen LogP contribution in [0.3, 0.4) is 0 Å². The normalized spacial score (nSPS) is 14.0. The molecule has 0 unspecified atom stereocenters. The Hall–Kier alpha value is -3.15. The van der Waals surface area contributed by atoms with Crippen LogP contribution in [-0.2, 0) is 11.3 Å². The van der Waals surface area contributed by atoms with Gasteiger partial charge in [-0.1, -0.05) is 47.1 Å². The lowest BCUT2D eigenvalue weighted by molar-refractivity contribution is -0.117. The molecule has 2 aromatic carbocycles. The Bertz CT molecular complexity index is 918. The Morgan fingerprint density at radius 3 is 2.73 bits per heavy atom. The van der Waals surface area contributed by atoms with Gasteiger partial charge < -0.3 is 14.7 Å². The van der Waals surface area contributed by atoms with Crippen LogP contribution < -0.4 is 10.2 Å². The van der Waals surface area contributed by atoms with Crippen molar-refractivity contribution in [3.05, 3.63) is 60.0 Å². The number of nitrogens with one attached hydrogen (secondary N) is 1. The summed E-state index contributed by atoms with van der Waals surface area (Å²) >= 11 is 0. The molecule has 4 rings (SSSR count). The Kier molecular flexibility index (Phi) is 4.39. The quantitative estimate of drug-likeness (QED) is 0.760. The highest BCUT2D eigenvalue weighted by molar-refractivity contribution is 5.98. The molecule has 26 heavy (non-hydrogen) atoms. The van der Waals surface area contributed by atoms with E-state index in [9.17, 15) is 4.79 Å². The second kappa shape index (κ2) is 7.00. The fourth-order valence-electron chi connectivity index (χ4n) is 3.08. The summed E-state index contributed by atoms with van der Waals surface area (Å²) in [7, 11) is 0. The maximum atomic E-state index is 12.0. The van der Waals surface area contributed by atoms with E-state index in [0.717, 1.165) is 29.9 Å². The van der Waals surface area contributed by atoms with E-state index in [2.05, 4.69) is 15.5 Å². The average Bonchev–Trinajstić information content (AvgIpc) is 3.30. The van der Waals surface area contributed by atoms with Gasteiger partial charge in [-0.25, -0.2) is 0 Å². The number of aryl methyl sites for hydroxylation is 1. The number of carbonyl (C=O) groups excluding carboxylic acids is 1. The van der Waals surface area contributed by atoms with E-state index >= 15 is 0 Å². The second-order valence-electron chi connectivity index (χ2n) is 6.40. The molecule has 3 aromatic rings. The minimum absolute atomic E-state index is 0.165. The summed E-state index contributed by atoms with van der Waals surface area (Å²) in [6.07, 6.45) is 1.51. The van der Waals surface area contributed by atoms with E-state index in [1.165, 1.54) is 5.56 Å². The Morgan fingerprint density at radius 2 is 1.96 bits per heavy atom. The minimum Gasteiger partial charge on any atom is -0.374 e. The molecule has 6 heteroatoms. The van der Waals surface area contributed by atoms with Crippen LogP contribution in [-0.4, -0.2) is 22.6 Å². The maximum absolute atomic E-state index is 12.0. The van der Waals surface area contributed by atoms with Crippen molar-refractivity contribution in [2.45, 2.75) is 26.3 Å². The number of hydrogen-bond acceptors (Lipinski definition) is 5. The Morgan fingerprint density at radius 1 is 1.15 bits per heavy atom. The molecule has 0 radical (unpaired) electrons. The highest BCUT2D eigenvalue weighted by atomic mass is 16.5. The highest BCUT2D eigenvalue weighted by Gasteiger charge is 2.23. The van der Waals surface area contributed by atoms with Crippen LogP contribution in [0.5, 0.6) is 0 Å². The van der Waals surface area contributed by atoms with Crippen LogP contribution in [0.15, 0.2) is 53.1 Å². The van der Waals surface area contributed by atoms with E-state index < -0.39 is 0 Å². The van der Waals surface area contributed by atoms with Crippen molar-refractivity contribution in [1.82, 2.24) is 10.1 Å². The van der Waals surface area contributed by atoms with Gasteiger partial charge in [-0.05, 0) is 25.5 Å². The lowest BCUT2D eigenvalue weighted by Gasteiger charge is -2.19. The molecular weight excluding hydrogens is 328 g/mol. The van der Waals surface area contributed by atoms with Crippen molar-refractivity contribution < 1.29 is 9.32 Å². The molecule has 1 aliphatic heterocycles. The van der Waals surface area contributed by atoms with Gasteiger partial charge in [0.15, 0.2) is 0 Å². The molecule has 1 fully saturated rings. The zero-order valence-electron chi connectivity index (χ0n) is 14.6. The van der Waals surface area contributed by atoms with Gasteiger partial charge in [0.05, 0.1) is 17.9 Å². The van der Waals surface area contributed by atoms with Crippen LogP contribution in [0.2, 0.25) is 0 Å². The number of amides is 1. The molecule has 0 bridgehead atoms.